The molecule has 18 heavy (non-hydrogen) atoms. The van der Waals surface area contributed by atoms with Crippen molar-refractivity contribution in [3.63, 3.8) is 0 Å². The molecular weight excluding hydrogens is 240 g/mol. The van der Waals surface area contributed by atoms with Crippen LogP contribution in [0.15, 0.2) is 12.2 Å². The molecule has 2 N–H and O–H groups in total. The van der Waals surface area contributed by atoms with Crippen LogP contribution in [-0.2, 0) is 14.4 Å². The summed E-state index contributed by atoms with van der Waals surface area (Å²) in [6.45, 7) is 2.27. The largest absolute Gasteiger partial charge is 0.478 e. The summed E-state index contributed by atoms with van der Waals surface area (Å²) in [7, 11) is 0. The third-order valence-electron chi connectivity index (χ3n) is 2.17. The summed E-state index contributed by atoms with van der Waals surface area (Å²) in [5.74, 6) is -2.50. The van der Waals surface area contributed by atoms with Gasteiger partial charge in [0.05, 0.1) is 6.07 Å². The fourth-order valence-corrected chi connectivity index (χ4v) is 1.42. The zero-order valence-corrected chi connectivity index (χ0v) is 9.87. The van der Waals surface area contributed by atoms with Crippen molar-refractivity contribution in [2.24, 2.45) is 0 Å². The van der Waals surface area contributed by atoms with Gasteiger partial charge >= 0.3 is 11.9 Å². The quantitative estimate of drug-likeness (QED) is 0.681. The maximum atomic E-state index is 10.8. The Morgan fingerprint density at radius 1 is 1.28 bits per heavy atom. The van der Waals surface area contributed by atoms with Crippen LogP contribution in [0.5, 0.6) is 0 Å². The van der Waals surface area contributed by atoms with Crippen LogP contribution in [0.1, 0.15) is 19.8 Å². The van der Waals surface area contributed by atoms with Crippen molar-refractivity contribution in [1.82, 2.24) is 4.90 Å². The van der Waals surface area contributed by atoms with Crippen LogP contribution in [-0.4, -0.2) is 45.5 Å². The maximum absolute atomic E-state index is 10.8. The van der Waals surface area contributed by atoms with Gasteiger partial charge in [0.25, 0.3) is 0 Å². The number of nitriles is 1. The van der Waals surface area contributed by atoms with Crippen molar-refractivity contribution in [3.8, 4) is 6.07 Å². The van der Waals surface area contributed by atoms with Gasteiger partial charge in [0, 0.05) is 25.6 Å². The number of carbonyl (C=O) groups is 3. The Bertz CT molecular complexity index is 381. The van der Waals surface area contributed by atoms with Gasteiger partial charge < -0.3 is 15.1 Å². The highest BCUT2D eigenvalue weighted by molar-refractivity contribution is 5.89. The second-order valence-corrected chi connectivity index (χ2v) is 3.51. The topological polar surface area (TPSA) is 119 Å². The van der Waals surface area contributed by atoms with Crippen LogP contribution in [0.4, 0.5) is 0 Å². The summed E-state index contributed by atoms with van der Waals surface area (Å²) < 4.78 is 0. The van der Waals surface area contributed by atoms with Gasteiger partial charge in [-0.3, -0.25) is 4.79 Å². The van der Waals surface area contributed by atoms with E-state index in [-0.39, 0.29) is 11.9 Å². The second kappa shape index (κ2) is 7.84. The van der Waals surface area contributed by atoms with Gasteiger partial charge in [-0.1, -0.05) is 0 Å². The molecule has 1 fully saturated rings. The summed E-state index contributed by atoms with van der Waals surface area (Å²) in [5, 5.41) is 24.2. The van der Waals surface area contributed by atoms with Crippen LogP contribution < -0.4 is 0 Å². The first-order valence-corrected chi connectivity index (χ1v) is 5.19. The molecule has 0 aromatic heterocycles. The lowest BCUT2D eigenvalue weighted by molar-refractivity contribution is -0.134. The predicted octanol–water partition coefficient (Wildman–Crippen LogP) is 0.233. The van der Waals surface area contributed by atoms with Crippen molar-refractivity contribution < 1.29 is 24.6 Å². The Morgan fingerprint density at radius 3 is 2.06 bits per heavy atom. The van der Waals surface area contributed by atoms with Crippen molar-refractivity contribution in [2.75, 3.05) is 6.54 Å². The lowest BCUT2D eigenvalue weighted by atomic mass is 10.2. The summed E-state index contributed by atoms with van der Waals surface area (Å²) in [5.41, 5.74) is 0. The first-order chi connectivity index (χ1) is 8.38. The molecule has 98 valence electrons. The number of carbonyl (C=O) groups excluding carboxylic acids is 1. The standard InChI is InChI=1S/C7H10N2O.C4H4O4/c1-6(10)9-4-2-3-7(9)5-8;5-3(6)1-2-4(7)8/h7H,2-4H2,1H3;1-2H,(H,5,6)(H,7,8)/b;2-1+. The molecule has 0 saturated carbocycles. The van der Waals surface area contributed by atoms with Gasteiger partial charge in [-0.05, 0) is 12.8 Å². The monoisotopic (exact) mass is 254 g/mol. The molecule has 0 aromatic carbocycles. The number of aliphatic carboxylic acids is 2. The molecule has 1 heterocycles. The molecule has 0 spiro atoms. The van der Waals surface area contributed by atoms with Crippen LogP contribution >= 0.6 is 0 Å². The lowest BCUT2D eigenvalue weighted by Gasteiger charge is -2.16. The van der Waals surface area contributed by atoms with E-state index in [9.17, 15) is 14.4 Å². The van der Waals surface area contributed by atoms with Gasteiger partial charge in [0.1, 0.15) is 6.04 Å². The molecule has 1 saturated heterocycles. The van der Waals surface area contributed by atoms with Gasteiger partial charge in [0.2, 0.25) is 5.91 Å². The van der Waals surface area contributed by atoms with Crippen molar-refractivity contribution in [1.29, 1.82) is 5.26 Å². The minimum atomic E-state index is -1.26. The molecule has 7 nitrogen and oxygen atoms in total. The first-order valence-electron chi connectivity index (χ1n) is 5.19. The Labute approximate surface area is 104 Å². The summed E-state index contributed by atoms with van der Waals surface area (Å²) in [4.78, 5) is 31.5. The molecular formula is C11H14N2O5. The van der Waals surface area contributed by atoms with Gasteiger partial charge in [-0.15, -0.1) is 0 Å². The Balaban J connectivity index is 0.000000331. The normalized spacial score (nSPS) is 17.8. The zero-order chi connectivity index (χ0) is 14.1. The second-order valence-electron chi connectivity index (χ2n) is 3.51. The molecule has 1 aliphatic heterocycles. The highest BCUT2D eigenvalue weighted by atomic mass is 16.4. The summed E-state index contributed by atoms with van der Waals surface area (Å²) in [6.07, 6.45) is 2.93. The Kier molecular flexibility index (Phi) is 6.81. The molecule has 1 aliphatic rings. The molecule has 0 aliphatic carbocycles. The molecule has 0 radical (unpaired) electrons. The van der Waals surface area contributed by atoms with E-state index in [1.807, 2.05) is 0 Å². The molecule has 7 heteroatoms. The van der Waals surface area contributed by atoms with Gasteiger partial charge in [-0.2, -0.15) is 5.26 Å². The number of rotatable bonds is 2. The molecule has 1 amide bonds. The first kappa shape index (κ1) is 15.6. The number of nitrogens with zero attached hydrogens (tertiary/aromatic N) is 2. The number of hydrogen-bond donors (Lipinski definition) is 2. The molecule has 1 atom stereocenters. The highest BCUT2D eigenvalue weighted by Gasteiger charge is 2.25. The lowest BCUT2D eigenvalue weighted by Crippen LogP contribution is -2.32. The van der Waals surface area contributed by atoms with E-state index in [1.165, 1.54) is 6.92 Å². The third kappa shape index (κ3) is 6.27. The minimum absolute atomic E-state index is 0.0176. The van der Waals surface area contributed by atoms with E-state index < -0.39 is 11.9 Å². The maximum Gasteiger partial charge on any atom is 0.328 e. The number of amides is 1. The fourth-order valence-electron chi connectivity index (χ4n) is 1.42. The van der Waals surface area contributed by atoms with E-state index in [2.05, 4.69) is 6.07 Å². The SMILES string of the molecule is CC(=O)N1CCCC1C#N.O=C(O)/C=C/C(=O)O. The number of carboxylic acids is 2. The van der Waals surface area contributed by atoms with E-state index in [4.69, 9.17) is 15.5 Å². The van der Waals surface area contributed by atoms with E-state index in [1.54, 1.807) is 4.90 Å². The van der Waals surface area contributed by atoms with Gasteiger partial charge in [-0.25, -0.2) is 9.59 Å². The van der Waals surface area contributed by atoms with Crippen LogP contribution in [0.25, 0.3) is 0 Å². The van der Waals surface area contributed by atoms with Gasteiger partial charge in [0.15, 0.2) is 0 Å². The minimum Gasteiger partial charge on any atom is -0.478 e. The van der Waals surface area contributed by atoms with Crippen molar-refractivity contribution >= 4 is 17.8 Å². The average molecular weight is 254 g/mol. The third-order valence-corrected chi connectivity index (χ3v) is 2.17. The van der Waals surface area contributed by atoms with Crippen LogP contribution in [0.2, 0.25) is 0 Å². The molecule has 0 aromatic rings. The Morgan fingerprint density at radius 2 is 1.78 bits per heavy atom. The van der Waals surface area contributed by atoms with Crippen molar-refractivity contribution in [2.45, 2.75) is 25.8 Å². The number of likely N-dealkylation sites (tertiary alicyclic amines) is 1. The fraction of sp³-hybridized carbons (Fsp3) is 0.455. The molecule has 1 rings (SSSR count). The van der Waals surface area contributed by atoms with E-state index in [0.717, 1.165) is 19.4 Å². The summed E-state index contributed by atoms with van der Waals surface area (Å²) >= 11 is 0. The average Bonchev–Trinajstić information content (AvgIpc) is 2.75. The number of carboxylic acid groups (broad SMARTS) is 2. The van der Waals surface area contributed by atoms with E-state index >= 15 is 0 Å². The van der Waals surface area contributed by atoms with E-state index in [0.29, 0.717) is 12.2 Å². The van der Waals surface area contributed by atoms with Crippen molar-refractivity contribution in [3.05, 3.63) is 12.2 Å². The van der Waals surface area contributed by atoms with Crippen LogP contribution in [0.3, 0.4) is 0 Å². The highest BCUT2D eigenvalue weighted by Crippen LogP contribution is 2.15. The Hall–Kier alpha value is -2.36. The number of hydrogen-bond acceptors (Lipinski definition) is 4. The molecule has 0 bridgehead atoms. The summed E-state index contributed by atoms with van der Waals surface area (Å²) in [6, 6.07) is 1.95. The predicted molar refractivity (Wildman–Crippen MR) is 60.4 cm³/mol. The molecule has 1 unspecified atom stereocenters. The van der Waals surface area contributed by atoms with Crippen LogP contribution in [0, 0.1) is 11.3 Å². The zero-order valence-electron chi connectivity index (χ0n) is 9.87. The smallest absolute Gasteiger partial charge is 0.328 e.